The van der Waals surface area contributed by atoms with Gasteiger partial charge in [-0.1, -0.05) is 12.1 Å². The first-order chi connectivity index (χ1) is 16.9. The van der Waals surface area contributed by atoms with E-state index in [1.165, 1.54) is 18.0 Å². The van der Waals surface area contributed by atoms with E-state index in [0.29, 0.717) is 55.0 Å². The summed E-state index contributed by atoms with van der Waals surface area (Å²) in [5.74, 6) is 2.02. The fraction of sp³-hybridized carbons (Fsp3) is 0.333. The lowest BCUT2D eigenvalue weighted by Gasteiger charge is -2.34. The molecule has 1 aromatic heterocycles. The minimum Gasteiger partial charge on any atom is -0.493 e. The fourth-order valence-electron chi connectivity index (χ4n) is 4.38. The lowest BCUT2D eigenvalue weighted by atomic mass is 9.85. The molecule has 35 heavy (non-hydrogen) atoms. The number of hydrogen-bond acceptors (Lipinski definition) is 7. The van der Waals surface area contributed by atoms with Crippen LogP contribution in [0.15, 0.2) is 59.8 Å². The summed E-state index contributed by atoms with van der Waals surface area (Å²) in [6.45, 7) is 1.41. The number of benzene rings is 2. The molecule has 0 aliphatic carbocycles. The van der Waals surface area contributed by atoms with Crippen molar-refractivity contribution in [2.75, 3.05) is 40.8 Å². The lowest BCUT2D eigenvalue weighted by Crippen LogP contribution is -2.38. The quantitative estimate of drug-likeness (QED) is 0.470. The highest BCUT2D eigenvalue weighted by atomic mass is 32.2. The van der Waals surface area contributed by atoms with Crippen LogP contribution in [0.1, 0.15) is 29.0 Å². The Hall–Kier alpha value is -2.79. The molecule has 2 aromatic carbocycles. The van der Waals surface area contributed by atoms with Crippen molar-refractivity contribution in [3.63, 3.8) is 0 Å². The predicted octanol–water partition coefficient (Wildman–Crippen LogP) is 5.10. The van der Waals surface area contributed by atoms with Crippen LogP contribution in [0.2, 0.25) is 0 Å². The molecule has 2 aliphatic rings. The molecule has 2 aliphatic heterocycles. The number of anilines is 2. The Labute approximate surface area is 207 Å². The molecule has 0 radical (unpaired) electrons. The number of fused-ring (bicyclic) bond motifs is 1. The Bertz CT molecular complexity index is 1220. The van der Waals surface area contributed by atoms with E-state index in [1.54, 1.807) is 24.5 Å². The second kappa shape index (κ2) is 10.1. The Kier molecular flexibility index (Phi) is 6.88. The van der Waals surface area contributed by atoms with Crippen LogP contribution >= 0.6 is 11.9 Å². The number of alkyl halides is 3. The Morgan fingerprint density at radius 2 is 1.80 bits per heavy atom. The van der Waals surface area contributed by atoms with Gasteiger partial charge in [0.05, 0.1) is 12.2 Å². The maximum atomic E-state index is 13.5. The second-order valence-corrected chi connectivity index (χ2v) is 10.8. The number of aromatic nitrogens is 2. The van der Waals surface area contributed by atoms with Crippen LogP contribution < -0.4 is 14.4 Å². The van der Waals surface area contributed by atoms with Crippen molar-refractivity contribution in [3.8, 4) is 5.75 Å². The van der Waals surface area contributed by atoms with E-state index < -0.39 is 22.5 Å². The van der Waals surface area contributed by atoms with Crippen LogP contribution in [0.3, 0.4) is 0 Å². The van der Waals surface area contributed by atoms with Crippen LogP contribution in [-0.2, 0) is 17.0 Å². The maximum absolute atomic E-state index is 13.5. The maximum Gasteiger partial charge on any atom is 0.416 e. The third kappa shape index (κ3) is 5.40. The first-order valence-electron chi connectivity index (χ1n) is 11.2. The minimum absolute atomic E-state index is 0.104. The monoisotopic (exact) mass is 520 g/mol. The summed E-state index contributed by atoms with van der Waals surface area (Å²) < 4.78 is 61.5. The largest absolute Gasteiger partial charge is 0.493 e. The molecule has 1 N–H and O–H groups in total. The topological polar surface area (TPSA) is 67.3 Å². The minimum atomic E-state index is -4.43. The second-order valence-electron chi connectivity index (χ2n) is 8.27. The number of rotatable bonds is 5. The standard InChI is InChI=1S/C24H23F3N4O2S2/c25-24(26,27)16-2-4-19(21(14-16)31-9-12-35(32)13-10-31)18-6-11-33-22-15-17(3-5-20(18)22)34-30-23-28-7-1-8-29-23/h1-5,7-8,14-15,18H,6,9-13H2,(H,28,29,30). The SMILES string of the molecule is O=S1CCN(c2cc(C(F)(F)F)ccc2C2CCOc3cc(SNc4ncccn4)ccc32)CC1. The summed E-state index contributed by atoms with van der Waals surface area (Å²) in [6.07, 6.45) is -0.467. The molecular formula is C24H23F3N4O2S2. The summed E-state index contributed by atoms with van der Waals surface area (Å²) in [5, 5.41) is 0. The van der Waals surface area contributed by atoms with Crippen LogP contribution in [0.5, 0.6) is 5.75 Å². The molecule has 1 saturated heterocycles. The van der Waals surface area contributed by atoms with Gasteiger partial charge in [-0.25, -0.2) is 9.97 Å². The normalized spacial score (nSPS) is 18.6. The number of ether oxygens (including phenoxy) is 1. The molecule has 184 valence electrons. The van der Waals surface area contributed by atoms with E-state index in [4.69, 9.17) is 4.74 Å². The molecule has 0 bridgehead atoms. The van der Waals surface area contributed by atoms with Crippen LogP contribution in [0.4, 0.5) is 24.8 Å². The zero-order valence-electron chi connectivity index (χ0n) is 18.6. The smallest absolute Gasteiger partial charge is 0.416 e. The van der Waals surface area contributed by atoms with E-state index in [-0.39, 0.29) is 5.92 Å². The van der Waals surface area contributed by atoms with Gasteiger partial charge >= 0.3 is 6.18 Å². The molecule has 1 atom stereocenters. The van der Waals surface area contributed by atoms with Gasteiger partial charge < -0.3 is 9.64 Å². The van der Waals surface area contributed by atoms with Crippen molar-refractivity contribution in [2.45, 2.75) is 23.4 Å². The Morgan fingerprint density at radius 1 is 1.06 bits per heavy atom. The first kappa shape index (κ1) is 23.9. The molecule has 1 fully saturated rings. The number of halogens is 3. The van der Waals surface area contributed by atoms with Gasteiger partial charge in [-0.05, 0) is 54.3 Å². The van der Waals surface area contributed by atoms with Crippen molar-refractivity contribution >= 4 is 34.4 Å². The predicted molar refractivity (Wildman–Crippen MR) is 131 cm³/mol. The van der Waals surface area contributed by atoms with Gasteiger partial charge in [0, 0.05) is 69.9 Å². The summed E-state index contributed by atoms with van der Waals surface area (Å²) in [6, 6.07) is 11.6. The van der Waals surface area contributed by atoms with Gasteiger partial charge in [0.25, 0.3) is 0 Å². The molecule has 6 nitrogen and oxygen atoms in total. The fourth-order valence-corrected chi connectivity index (χ4v) is 6.05. The van der Waals surface area contributed by atoms with E-state index in [2.05, 4.69) is 14.7 Å². The molecule has 5 rings (SSSR count). The van der Waals surface area contributed by atoms with Gasteiger partial charge in [0.15, 0.2) is 0 Å². The zero-order chi connectivity index (χ0) is 24.4. The first-order valence-corrected chi connectivity index (χ1v) is 13.5. The number of nitrogens with one attached hydrogen (secondary N) is 1. The third-order valence-electron chi connectivity index (χ3n) is 6.10. The summed E-state index contributed by atoms with van der Waals surface area (Å²) in [7, 11) is -0.924. The average molecular weight is 521 g/mol. The molecular weight excluding hydrogens is 497 g/mol. The van der Waals surface area contributed by atoms with Crippen molar-refractivity contribution in [1.29, 1.82) is 0 Å². The number of hydrogen-bond donors (Lipinski definition) is 1. The molecule has 0 amide bonds. The lowest BCUT2D eigenvalue weighted by molar-refractivity contribution is -0.137. The molecule has 1 unspecified atom stereocenters. The van der Waals surface area contributed by atoms with Gasteiger partial charge in [-0.3, -0.25) is 8.93 Å². The van der Waals surface area contributed by atoms with Gasteiger partial charge in [-0.2, -0.15) is 13.2 Å². The van der Waals surface area contributed by atoms with E-state index >= 15 is 0 Å². The van der Waals surface area contributed by atoms with Gasteiger partial charge in [-0.15, -0.1) is 0 Å². The Morgan fingerprint density at radius 3 is 2.54 bits per heavy atom. The number of nitrogens with zero attached hydrogens (tertiary/aromatic N) is 3. The Balaban J connectivity index is 1.45. The highest BCUT2D eigenvalue weighted by molar-refractivity contribution is 8.00. The summed E-state index contributed by atoms with van der Waals surface area (Å²) in [4.78, 5) is 11.1. The van der Waals surface area contributed by atoms with E-state index in [9.17, 15) is 17.4 Å². The van der Waals surface area contributed by atoms with Crippen LogP contribution in [-0.4, -0.2) is 45.4 Å². The molecule has 3 heterocycles. The molecule has 3 aromatic rings. The van der Waals surface area contributed by atoms with Gasteiger partial charge in [0.1, 0.15) is 5.75 Å². The zero-order valence-corrected chi connectivity index (χ0v) is 20.3. The summed E-state index contributed by atoms with van der Waals surface area (Å²) in [5.41, 5.74) is 1.68. The van der Waals surface area contributed by atoms with E-state index in [0.717, 1.165) is 22.1 Å². The van der Waals surface area contributed by atoms with Crippen LogP contribution in [0.25, 0.3) is 0 Å². The molecule has 11 heteroatoms. The van der Waals surface area contributed by atoms with E-state index in [1.807, 2.05) is 23.1 Å². The van der Waals surface area contributed by atoms with Crippen molar-refractivity contribution in [2.24, 2.45) is 0 Å². The third-order valence-corrected chi connectivity index (χ3v) is 8.15. The van der Waals surface area contributed by atoms with Gasteiger partial charge in [0.2, 0.25) is 5.95 Å². The van der Waals surface area contributed by atoms with Crippen molar-refractivity contribution in [3.05, 3.63) is 71.5 Å². The van der Waals surface area contributed by atoms with Crippen molar-refractivity contribution in [1.82, 2.24) is 9.97 Å². The molecule has 0 spiro atoms. The highest BCUT2D eigenvalue weighted by Gasteiger charge is 2.34. The molecule has 0 saturated carbocycles. The highest BCUT2D eigenvalue weighted by Crippen LogP contribution is 2.44. The average Bonchev–Trinajstić information content (AvgIpc) is 2.87. The summed E-state index contributed by atoms with van der Waals surface area (Å²) >= 11 is 1.36. The van der Waals surface area contributed by atoms with Crippen LogP contribution in [0, 0.1) is 0 Å². The van der Waals surface area contributed by atoms with Crippen molar-refractivity contribution < 1.29 is 22.1 Å².